The highest BCUT2D eigenvalue weighted by Crippen LogP contribution is 2.28. The first-order valence-corrected chi connectivity index (χ1v) is 6.95. The minimum Gasteiger partial charge on any atom is -0.480 e. The number of aliphatic carboxylic acids is 1. The Hall–Kier alpha value is -1.85. The largest absolute Gasteiger partial charge is 0.480 e. The molecule has 20 heavy (non-hydrogen) atoms. The van der Waals surface area contributed by atoms with Gasteiger partial charge in [-0.1, -0.05) is 6.08 Å². The van der Waals surface area contributed by atoms with Crippen LogP contribution in [0, 0.1) is 5.92 Å². The molecule has 2 amide bonds. The Morgan fingerprint density at radius 2 is 2.05 bits per heavy atom. The normalized spacial score (nSPS) is 15.2. The highest BCUT2D eigenvalue weighted by Gasteiger charge is 2.29. The minimum absolute atomic E-state index is 0.0554. The van der Waals surface area contributed by atoms with Gasteiger partial charge in [-0.25, -0.2) is 4.79 Å². The fourth-order valence-electron chi connectivity index (χ4n) is 1.76. The molecule has 0 radical (unpaired) electrons. The highest BCUT2D eigenvalue weighted by atomic mass is 16.4. The molecule has 0 aliphatic heterocycles. The van der Waals surface area contributed by atoms with Crippen molar-refractivity contribution in [2.45, 2.75) is 44.6 Å². The second-order valence-electron chi connectivity index (χ2n) is 4.99. The van der Waals surface area contributed by atoms with E-state index in [-0.39, 0.29) is 24.2 Å². The van der Waals surface area contributed by atoms with Crippen LogP contribution in [-0.2, 0) is 14.4 Å². The third-order valence-corrected chi connectivity index (χ3v) is 3.12. The second-order valence-corrected chi connectivity index (χ2v) is 4.99. The lowest BCUT2D eigenvalue weighted by atomic mass is 10.1. The van der Waals surface area contributed by atoms with E-state index in [0.29, 0.717) is 25.8 Å². The molecule has 0 aromatic carbocycles. The van der Waals surface area contributed by atoms with E-state index >= 15 is 0 Å². The topological polar surface area (TPSA) is 95.5 Å². The molecular formula is C14H22N2O4. The van der Waals surface area contributed by atoms with Crippen LogP contribution in [-0.4, -0.2) is 35.5 Å². The Morgan fingerprint density at radius 1 is 1.35 bits per heavy atom. The summed E-state index contributed by atoms with van der Waals surface area (Å²) in [7, 11) is 0. The summed E-state index contributed by atoms with van der Waals surface area (Å²) < 4.78 is 0. The predicted molar refractivity (Wildman–Crippen MR) is 74.0 cm³/mol. The number of carboxylic acid groups (broad SMARTS) is 1. The fraction of sp³-hybridized carbons (Fsp3) is 0.643. The van der Waals surface area contributed by atoms with Gasteiger partial charge in [-0.15, -0.1) is 6.58 Å². The summed E-state index contributed by atoms with van der Waals surface area (Å²) in [5.41, 5.74) is 0. The zero-order valence-corrected chi connectivity index (χ0v) is 11.6. The Balaban J connectivity index is 2.14. The quantitative estimate of drug-likeness (QED) is 0.408. The van der Waals surface area contributed by atoms with Crippen molar-refractivity contribution < 1.29 is 19.5 Å². The summed E-state index contributed by atoms with van der Waals surface area (Å²) >= 11 is 0. The van der Waals surface area contributed by atoms with Gasteiger partial charge in [0.05, 0.1) is 0 Å². The van der Waals surface area contributed by atoms with Crippen LogP contribution >= 0.6 is 0 Å². The first-order chi connectivity index (χ1) is 9.54. The number of carbonyl (C=O) groups is 3. The lowest BCUT2D eigenvalue weighted by molar-refractivity contribution is -0.142. The molecule has 6 heteroatoms. The third-order valence-electron chi connectivity index (χ3n) is 3.12. The van der Waals surface area contributed by atoms with Crippen molar-refractivity contribution in [3.05, 3.63) is 12.7 Å². The molecule has 1 fully saturated rings. The number of nitrogens with one attached hydrogen (secondary N) is 2. The van der Waals surface area contributed by atoms with E-state index in [1.54, 1.807) is 6.08 Å². The molecule has 0 heterocycles. The number of allylic oxidation sites excluding steroid dienone is 1. The Labute approximate surface area is 118 Å². The van der Waals surface area contributed by atoms with E-state index in [9.17, 15) is 14.4 Å². The fourth-order valence-corrected chi connectivity index (χ4v) is 1.76. The van der Waals surface area contributed by atoms with Crippen molar-refractivity contribution in [2.24, 2.45) is 5.92 Å². The van der Waals surface area contributed by atoms with Crippen molar-refractivity contribution in [1.82, 2.24) is 10.6 Å². The van der Waals surface area contributed by atoms with Crippen LogP contribution in [0.3, 0.4) is 0 Å². The van der Waals surface area contributed by atoms with Crippen LogP contribution in [0.15, 0.2) is 12.7 Å². The molecule has 1 aliphatic rings. The van der Waals surface area contributed by atoms with Gasteiger partial charge >= 0.3 is 5.97 Å². The molecule has 0 aromatic heterocycles. The van der Waals surface area contributed by atoms with E-state index in [1.807, 2.05) is 0 Å². The Kier molecular flexibility index (Phi) is 6.76. The maximum absolute atomic E-state index is 11.6. The van der Waals surface area contributed by atoms with E-state index in [4.69, 9.17) is 5.11 Å². The lowest BCUT2D eigenvalue weighted by Gasteiger charge is -2.13. The van der Waals surface area contributed by atoms with Crippen LogP contribution < -0.4 is 10.6 Å². The number of carboxylic acids is 1. The molecule has 1 saturated carbocycles. The molecule has 1 rings (SSSR count). The summed E-state index contributed by atoms with van der Waals surface area (Å²) in [5.74, 6) is -1.12. The van der Waals surface area contributed by atoms with Crippen LogP contribution in [0.1, 0.15) is 38.5 Å². The van der Waals surface area contributed by atoms with Crippen molar-refractivity contribution >= 4 is 17.8 Å². The van der Waals surface area contributed by atoms with Crippen LogP contribution in [0.25, 0.3) is 0 Å². The first-order valence-electron chi connectivity index (χ1n) is 6.95. The predicted octanol–water partition coefficient (Wildman–Crippen LogP) is 0.828. The van der Waals surface area contributed by atoms with Crippen LogP contribution in [0.2, 0.25) is 0 Å². The maximum Gasteiger partial charge on any atom is 0.326 e. The van der Waals surface area contributed by atoms with Gasteiger partial charge < -0.3 is 15.7 Å². The van der Waals surface area contributed by atoms with Gasteiger partial charge in [0.25, 0.3) is 0 Å². The number of amides is 2. The van der Waals surface area contributed by atoms with Gasteiger partial charge in [0.1, 0.15) is 6.04 Å². The SMILES string of the molecule is C=CCCC(NC(=O)CCCNC(=O)C1CC1)C(=O)O. The van der Waals surface area contributed by atoms with Crippen LogP contribution in [0.4, 0.5) is 0 Å². The third kappa shape index (κ3) is 6.36. The molecular weight excluding hydrogens is 260 g/mol. The molecule has 6 nitrogen and oxygen atoms in total. The summed E-state index contributed by atoms with van der Waals surface area (Å²) in [5, 5.41) is 14.2. The summed E-state index contributed by atoms with van der Waals surface area (Å²) in [6.45, 7) is 3.97. The Morgan fingerprint density at radius 3 is 2.60 bits per heavy atom. The molecule has 0 saturated heterocycles. The lowest BCUT2D eigenvalue weighted by Crippen LogP contribution is -2.40. The molecule has 0 aromatic rings. The van der Waals surface area contributed by atoms with Gasteiger partial charge in [0.15, 0.2) is 0 Å². The molecule has 0 bridgehead atoms. The van der Waals surface area contributed by atoms with Crippen molar-refractivity contribution in [2.75, 3.05) is 6.54 Å². The van der Waals surface area contributed by atoms with Gasteiger partial charge in [0.2, 0.25) is 11.8 Å². The summed E-state index contributed by atoms with van der Waals surface area (Å²) in [6.07, 6.45) is 5.12. The van der Waals surface area contributed by atoms with E-state index in [0.717, 1.165) is 12.8 Å². The highest BCUT2D eigenvalue weighted by molar-refractivity contribution is 5.83. The average molecular weight is 282 g/mol. The number of hydrogen-bond donors (Lipinski definition) is 3. The average Bonchev–Trinajstić information content (AvgIpc) is 3.23. The summed E-state index contributed by atoms with van der Waals surface area (Å²) in [4.78, 5) is 33.9. The van der Waals surface area contributed by atoms with Gasteiger partial charge in [0, 0.05) is 18.9 Å². The number of rotatable bonds is 10. The molecule has 0 spiro atoms. The van der Waals surface area contributed by atoms with Crippen LogP contribution in [0.5, 0.6) is 0 Å². The van der Waals surface area contributed by atoms with Gasteiger partial charge in [-0.3, -0.25) is 9.59 Å². The molecule has 1 unspecified atom stereocenters. The standard InChI is InChI=1S/C14H22N2O4/c1-2-3-5-11(14(19)20)16-12(17)6-4-9-15-13(18)10-7-8-10/h2,10-11H,1,3-9H2,(H,15,18)(H,16,17)(H,19,20). The van der Waals surface area contributed by atoms with Gasteiger partial charge in [-0.05, 0) is 32.1 Å². The number of hydrogen-bond acceptors (Lipinski definition) is 3. The van der Waals surface area contributed by atoms with Crippen molar-refractivity contribution in [1.29, 1.82) is 0 Å². The zero-order valence-electron chi connectivity index (χ0n) is 11.6. The van der Waals surface area contributed by atoms with Crippen molar-refractivity contribution in [3.63, 3.8) is 0 Å². The number of carbonyl (C=O) groups excluding carboxylic acids is 2. The minimum atomic E-state index is -1.04. The molecule has 112 valence electrons. The first kappa shape index (κ1) is 16.2. The Bertz CT molecular complexity index is 377. The molecule has 1 aliphatic carbocycles. The smallest absolute Gasteiger partial charge is 0.326 e. The van der Waals surface area contributed by atoms with E-state index in [2.05, 4.69) is 17.2 Å². The maximum atomic E-state index is 11.6. The summed E-state index contributed by atoms with van der Waals surface area (Å²) in [6, 6.07) is -0.874. The second kappa shape index (κ2) is 8.35. The molecule has 3 N–H and O–H groups in total. The van der Waals surface area contributed by atoms with Crippen molar-refractivity contribution in [3.8, 4) is 0 Å². The van der Waals surface area contributed by atoms with E-state index < -0.39 is 12.0 Å². The van der Waals surface area contributed by atoms with E-state index in [1.165, 1.54) is 0 Å². The molecule has 1 atom stereocenters. The monoisotopic (exact) mass is 282 g/mol. The van der Waals surface area contributed by atoms with Gasteiger partial charge in [-0.2, -0.15) is 0 Å². The zero-order chi connectivity index (χ0) is 15.0.